The molecule has 35 heavy (non-hydrogen) atoms. The van der Waals surface area contributed by atoms with Gasteiger partial charge in [-0.1, -0.05) is 0 Å². The number of amides is 2. The highest BCUT2D eigenvalue weighted by Gasteiger charge is 2.31. The molecule has 0 atom stereocenters. The number of hydrogen-bond donors (Lipinski definition) is 1. The van der Waals surface area contributed by atoms with Crippen molar-refractivity contribution in [3.8, 4) is 28.5 Å². The number of hydrogen-bond acceptors (Lipinski definition) is 6. The van der Waals surface area contributed by atoms with Gasteiger partial charge in [-0.3, -0.25) is 0 Å². The van der Waals surface area contributed by atoms with Gasteiger partial charge in [0.2, 0.25) is 6.79 Å². The van der Waals surface area contributed by atoms with Crippen molar-refractivity contribution >= 4 is 23.1 Å². The third kappa shape index (κ3) is 6.27. The maximum absolute atomic E-state index is 12.4. The van der Waals surface area contributed by atoms with Crippen molar-refractivity contribution in [3.63, 3.8) is 0 Å². The standard InChI is InChI=1S/C23H23F3N4O4S/c1-29(2)21(31)27-10-3-11-30-18(15-4-9-19-20(12-15)33-14-32-19)13-35-22(30)28-16-5-7-17(8-6-16)34-23(24,25)26/h4-9,12-13H,3,10-11,14H2,1-2H3,(H,27,31). The van der Waals surface area contributed by atoms with Crippen LogP contribution in [0.4, 0.5) is 23.7 Å². The number of rotatable bonds is 7. The van der Waals surface area contributed by atoms with Gasteiger partial charge in [-0.25, -0.2) is 9.79 Å². The summed E-state index contributed by atoms with van der Waals surface area (Å²) < 4.78 is 54.1. The zero-order chi connectivity index (χ0) is 25.0. The quantitative estimate of drug-likeness (QED) is 0.468. The molecule has 12 heteroatoms. The Morgan fingerprint density at radius 3 is 2.63 bits per heavy atom. The van der Waals surface area contributed by atoms with Crippen LogP contribution in [0.1, 0.15) is 6.42 Å². The van der Waals surface area contributed by atoms with Crippen molar-refractivity contribution in [2.24, 2.45) is 4.99 Å². The molecule has 0 saturated heterocycles. The predicted octanol–water partition coefficient (Wildman–Crippen LogP) is 4.74. The number of ether oxygens (including phenoxy) is 3. The van der Waals surface area contributed by atoms with E-state index < -0.39 is 6.36 Å². The molecule has 0 bridgehead atoms. The Bertz CT molecular complexity index is 1250. The molecule has 4 rings (SSSR count). The molecule has 0 radical (unpaired) electrons. The molecule has 3 aromatic rings. The molecular formula is C23H23F3N4O4S. The average Bonchev–Trinajstić information content (AvgIpc) is 3.43. The molecule has 1 aromatic heterocycles. The Kier molecular flexibility index (Phi) is 7.20. The Labute approximate surface area is 203 Å². The fourth-order valence-corrected chi connectivity index (χ4v) is 4.30. The lowest BCUT2D eigenvalue weighted by Gasteiger charge is -2.13. The molecule has 0 aliphatic carbocycles. The van der Waals surface area contributed by atoms with Gasteiger partial charge in [0.25, 0.3) is 0 Å². The number of carbonyl (C=O) groups is 1. The van der Waals surface area contributed by atoms with Gasteiger partial charge in [0.05, 0.1) is 11.4 Å². The maximum Gasteiger partial charge on any atom is 0.573 e. The highest BCUT2D eigenvalue weighted by Crippen LogP contribution is 2.36. The van der Waals surface area contributed by atoms with Crippen LogP contribution in [-0.2, 0) is 6.54 Å². The van der Waals surface area contributed by atoms with Crippen LogP contribution in [0.5, 0.6) is 17.2 Å². The van der Waals surface area contributed by atoms with Crippen LogP contribution in [0.25, 0.3) is 11.3 Å². The summed E-state index contributed by atoms with van der Waals surface area (Å²) in [6.45, 7) is 1.18. The fraction of sp³-hybridized carbons (Fsp3) is 0.304. The number of fused-ring (bicyclic) bond motifs is 1. The minimum absolute atomic E-state index is 0.169. The average molecular weight is 509 g/mol. The van der Waals surface area contributed by atoms with E-state index in [9.17, 15) is 18.0 Å². The summed E-state index contributed by atoms with van der Waals surface area (Å²) in [7, 11) is 3.34. The summed E-state index contributed by atoms with van der Waals surface area (Å²) in [4.78, 5) is 18.6. The first-order valence-corrected chi connectivity index (χ1v) is 11.5. The Morgan fingerprint density at radius 2 is 1.91 bits per heavy atom. The van der Waals surface area contributed by atoms with Gasteiger partial charge in [0.15, 0.2) is 16.3 Å². The molecule has 2 aromatic carbocycles. The summed E-state index contributed by atoms with van der Waals surface area (Å²) in [5, 5.41) is 4.79. The molecule has 0 unspecified atom stereocenters. The van der Waals surface area contributed by atoms with E-state index >= 15 is 0 Å². The van der Waals surface area contributed by atoms with Crippen molar-refractivity contribution in [1.82, 2.24) is 14.8 Å². The first kappa shape index (κ1) is 24.5. The number of thiazole rings is 1. The van der Waals surface area contributed by atoms with E-state index in [2.05, 4.69) is 15.0 Å². The van der Waals surface area contributed by atoms with Crippen LogP contribution in [0.15, 0.2) is 52.8 Å². The van der Waals surface area contributed by atoms with Gasteiger partial charge >= 0.3 is 12.4 Å². The van der Waals surface area contributed by atoms with E-state index in [0.29, 0.717) is 41.5 Å². The zero-order valence-corrected chi connectivity index (χ0v) is 19.8. The number of aromatic nitrogens is 1. The normalized spacial score (nSPS) is 13.1. The van der Waals surface area contributed by atoms with Crippen LogP contribution >= 0.6 is 11.3 Å². The minimum atomic E-state index is -4.75. The summed E-state index contributed by atoms with van der Waals surface area (Å²) in [5.41, 5.74) is 2.27. The molecular weight excluding hydrogens is 485 g/mol. The van der Waals surface area contributed by atoms with E-state index in [-0.39, 0.29) is 18.6 Å². The zero-order valence-electron chi connectivity index (χ0n) is 19.0. The molecule has 1 aliphatic heterocycles. The van der Waals surface area contributed by atoms with Gasteiger partial charge in [-0.2, -0.15) is 0 Å². The molecule has 0 fully saturated rings. The van der Waals surface area contributed by atoms with Gasteiger partial charge in [0, 0.05) is 38.1 Å². The number of benzene rings is 2. The number of nitrogens with zero attached hydrogens (tertiary/aromatic N) is 3. The molecule has 1 N–H and O–H groups in total. The van der Waals surface area contributed by atoms with Crippen LogP contribution in [-0.4, -0.2) is 49.3 Å². The van der Waals surface area contributed by atoms with Gasteiger partial charge in [-0.05, 0) is 48.9 Å². The van der Waals surface area contributed by atoms with Crippen molar-refractivity contribution in [1.29, 1.82) is 0 Å². The fourth-order valence-electron chi connectivity index (χ4n) is 3.34. The van der Waals surface area contributed by atoms with E-state index in [0.717, 1.165) is 11.3 Å². The number of urea groups is 1. The topological polar surface area (TPSA) is 77.3 Å². The lowest BCUT2D eigenvalue weighted by molar-refractivity contribution is -0.274. The Morgan fingerprint density at radius 1 is 1.17 bits per heavy atom. The highest BCUT2D eigenvalue weighted by atomic mass is 32.1. The van der Waals surface area contributed by atoms with Crippen molar-refractivity contribution < 1.29 is 32.2 Å². The number of nitrogens with one attached hydrogen (secondary N) is 1. The lowest BCUT2D eigenvalue weighted by atomic mass is 10.1. The SMILES string of the molecule is CN(C)C(=O)NCCCn1c(-c2ccc3c(c2)OCO3)csc1=Nc1ccc(OC(F)(F)F)cc1. The summed E-state index contributed by atoms with van der Waals surface area (Å²) in [5.74, 6) is 1.01. The number of alkyl halides is 3. The lowest BCUT2D eigenvalue weighted by Crippen LogP contribution is -2.35. The van der Waals surface area contributed by atoms with Crippen LogP contribution in [0, 0.1) is 0 Å². The smallest absolute Gasteiger partial charge is 0.454 e. The summed E-state index contributed by atoms with van der Waals surface area (Å²) in [6.07, 6.45) is -4.11. The predicted molar refractivity (Wildman–Crippen MR) is 124 cm³/mol. The maximum atomic E-state index is 12.4. The summed E-state index contributed by atoms with van der Waals surface area (Å²) in [6, 6.07) is 10.8. The van der Waals surface area contributed by atoms with Gasteiger partial charge < -0.3 is 29.0 Å². The first-order valence-electron chi connectivity index (χ1n) is 10.6. The second kappa shape index (κ2) is 10.3. The van der Waals surface area contributed by atoms with Crippen LogP contribution < -0.4 is 24.3 Å². The van der Waals surface area contributed by atoms with Crippen molar-refractivity contribution in [2.45, 2.75) is 19.3 Å². The van der Waals surface area contributed by atoms with Gasteiger partial charge in [0.1, 0.15) is 5.75 Å². The molecule has 0 spiro atoms. The molecule has 0 saturated carbocycles. The highest BCUT2D eigenvalue weighted by molar-refractivity contribution is 7.07. The Balaban J connectivity index is 1.61. The van der Waals surface area contributed by atoms with Crippen molar-refractivity contribution in [3.05, 3.63) is 52.6 Å². The second-order valence-corrected chi connectivity index (χ2v) is 8.59. The third-order valence-electron chi connectivity index (χ3n) is 5.00. The number of halogens is 3. The largest absolute Gasteiger partial charge is 0.573 e. The molecule has 186 valence electrons. The summed E-state index contributed by atoms with van der Waals surface area (Å²) >= 11 is 1.40. The minimum Gasteiger partial charge on any atom is -0.454 e. The molecule has 8 nitrogen and oxygen atoms in total. The van der Waals surface area contributed by atoms with E-state index in [1.807, 2.05) is 28.1 Å². The van der Waals surface area contributed by atoms with E-state index in [4.69, 9.17) is 9.47 Å². The van der Waals surface area contributed by atoms with Crippen molar-refractivity contribution in [2.75, 3.05) is 27.4 Å². The second-order valence-electron chi connectivity index (χ2n) is 7.76. The first-order chi connectivity index (χ1) is 16.7. The Hall–Kier alpha value is -3.67. The molecule has 1 aliphatic rings. The van der Waals surface area contributed by atoms with Crippen LogP contribution in [0.2, 0.25) is 0 Å². The third-order valence-corrected chi connectivity index (χ3v) is 5.87. The number of carbonyl (C=O) groups excluding carboxylic acids is 1. The monoisotopic (exact) mass is 508 g/mol. The van der Waals surface area contributed by atoms with E-state index in [1.54, 1.807) is 14.1 Å². The van der Waals surface area contributed by atoms with E-state index in [1.165, 1.54) is 40.5 Å². The van der Waals surface area contributed by atoms with Gasteiger partial charge in [-0.15, -0.1) is 24.5 Å². The molecule has 2 heterocycles. The molecule has 2 amide bonds. The van der Waals surface area contributed by atoms with Crippen LogP contribution in [0.3, 0.4) is 0 Å².